The molecule has 0 saturated heterocycles. The number of rotatable bonds is 16. The van der Waals surface area contributed by atoms with E-state index in [0.717, 1.165) is 19.3 Å². The minimum atomic E-state index is -0.295. The number of aryl methyl sites for hydroxylation is 3. The Kier molecular flexibility index (Phi) is 19.0. The van der Waals surface area contributed by atoms with Crippen molar-refractivity contribution < 1.29 is 19.2 Å². The fourth-order valence-corrected chi connectivity index (χ4v) is 4.59. The summed E-state index contributed by atoms with van der Waals surface area (Å²) in [6, 6.07) is 6.35. The summed E-state index contributed by atoms with van der Waals surface area (Å²) in [6.45, 7) is 15.2. The smallest absolute Gasteiger partial charge is 0.136 e. The summed E-state index contributed by atoms with van der Waals surface area (Å²) in [7, 11) is 0. The van der Waals surface area contributed by atoms with Crippen LogP contribution < -0.4 is 0 Å². The van der Waals surface area contributed by atoms with Crippen molar-refractivity contribution in [3.05, 3.63) is 58.7 Å². The Morgan fingerprint density at radius 3 is 2.03 bits per heavy atom. The molecule has 2 rings (SSSR count). The summed E-state index contributed by atoms with van der Waals surface area (Å²) < 4.78 is 0. The van der Waals surface area contributed by atoms with Crippen molar-refractivity contribution in [2.45, 2.75) is 120 Å². The molecule has 0 bridgehead atoms. The highest BCUT2D eigenvalue weighted by atomic mass is 16.1. The zero-order chi connectivity index (χ0) is 29.1. The van der Waals surface area contributed by atoms with Crippen LogP contribution in [0.25, 0.3) is 0 Å². The third-order valence-electron chi connectivity index (χ3n) is 6.93. The lowest BCUT2D eigenvalue weighted by molar-refractivity contribution is -0.129. The molecule has 2 unspecified atom stereocenters. The summed E-state index contributed by atoms with van der Waals surface area (Å²) >= 11 is 0. The number of benzene rings is 1. The molecule has 1 aromatic carbocycles. The van der Waals surface area contributed by atoms with Gasteiger partial charge in [0.05, 0.1) is 0 Å². The Morgan fingerprint density at radius 1 is 0.816 bits per heavy atom. The number of carbonyl (C=O) groups excluding carboxylic acids is 4. The molecule has 0 spiro atoms. The second-order valence-electron chi connectivity index (χ2n) is 9.92. The van der Waals surface area contributed by atoms with E-state index >= 15 is 0 Å². The SMILES string of the molecule is CC.CC.CC(=O)CCC(=O)CCC(CCC1=CC=CC1)C(=O)CC(CCc1ccc(C)cc1C)C(C)=O. The van der Waals surface area contributed by atoms with E-state index in [0.29, 0.717) is 25.7 Å². The maximum Gasteiger partial charge on any atom is 0.136 e. The maximum atomic E-state index is 13.3. The summed E-state index contributed by atoms with van der Waals surface area (Å²) in [5, 5.41) is 0. The zero-order valence-electron chi connectivity index (χ0n) is 25.3. The molecule has 1 aliphatic carbocycles. The Hall–Kier alpha value is -2.62. The van der Waals surface area contributed by atoms with Crippen LogP contribution in [0, 0.1) is 25.7 Å². The van der Waals surface area contributed by atoms with Crippen molar-refractivity contribution in [3.63, 3.8) is 0 Å². The fourth-order valence-electron chi connectivity index (χ4n) is 4.59. The predicted molar refractivity (Wildman–Crippen MR) is 159 cm³/mol. The molecular weight excluding hydrogens is 472 g/mol. The molecule has 0 saturated carbocycles. The minimum absolute atomic E-state index is 0.00904. The highest BCUT2D eigenvalue weighted by Gasteiger charge is 2.25. The average molecular weight is 525 g/mol. The highest BCUT2D eigenvalue weighted by Crippen LogP contribution is 2.27. The van der Waals surface area contributed by atoms with Crippen LogP contribution in [0.15, 0.2) is 42.0 Å². The molecule has 4 nitrogen and oxygen atoms in total. The molecule has 38 heavy (non-hydrogen) atoms. The second-order valence-corrected chi connectivity index (χ2v) is 9.92. The van der Waals surface area contributed by atoms with E-state index < -0.39 is 0 Å². The van der Waals surface area contributed by atoms with Crippen molar-refractivity contribution in [1.29, 1.82) is 0 Å². The maximum absolute atomic E-state index is 13.3. The first-order valence-electron chi connectivity index (χ1n) is 14.6. The van der Waals surface area contributed by atoms with Gasteiger partial charge < -0.3 is 4.79 Å². The number of hydrogen-bond acceptors (Lipinski definition) is 4. The van der Waals surface area contributed by atoms with Crippen molar-refractivity contribution in [1.82, 2.24) is 0 Å². The number of ketones is 4. The van der Waals surface area contributed by atoms with Gasteiger partial charge in [0, 0.05) is 37.5 Å². The van der Waals surface area contributed by atoms with E-state index in [1.165, 1.54) is 29.2 Å². The molecule has 0 aliphatic heterocycles. The largest absolute Gasteiger partial charge is 0.300 e. The first kappa shape index (κ1) is 35.4. The van der Waals surface area contributed by atoms with Crippen molar-refractivity contribution in [2.24, 2.45) is 11.8 Å². The van der Waals surface area contributed by atoms with Gasteiger partial charge in [-0.05, 0) is 77.3 Å². The van der Waals surface area contributed by atoms with Crippen LogP contribution in [0.3, 0.4) is 0 Å². The minimum Gasteiger partial charge on any atom is -0.300 e. The van der Waals surface area contributed by atoms with Crippen molar-refractivity contribution in [2.75, 3.05) is 0 Å². The van der Waals surface area contributed by atoms with E-state index in [2.05, 4.69) is 44.2 Å². The summed E-state index contributed by atoms with van der Waals surface area (Å²) in [6.07, 6.45) is 11.7. The van der Waals surface area contributed by atoms with Crippen molar-refractivity contribution >= 4 is 23.1 Å². The Labute approximate surface area is 232 Å². The highest BCUT2D eigenvalue weighted by molar-refractivity contribution is 5.89. The topological polar surface area (TPSA) is 68.3 Å². The Morgan fingerprint density at radius 2 is 1.47 bits per heavy atom. The molecule has 1 aliphatic rings. The van der Waals surface area contributed by atoms with Crippen LogP contribution in [-0.2, 0) is 25.6 Å². The first-order valence-corrected chi connectivity index (χ1v) is 14.6. The quantitative estimate of drug-likeness (QED) is 0.217. The molecule has 1 aromatic rings. The van der Waals surface area contributed by atoms with Crippen LogP contribution in [0.5, 0.6) is 0 Å². The van der Waals surface area contributed by atoms with E-state index in [9.17, 15) is 19.2 Å². The van der Waals surface area contributed by atoms with Crippen LogP contribution >= 0.6 is 0 Å². The third-order valence-corrected chi connectivity index (χ3v) is 6.93. The molecule has 0 N–H and O–H groups in total. The number of Topliss-reactive ketones (excluding diaryl/α,β-unsaturated/α-hetero) is 4. The summed E-state index contributed by atoms with van der Waals surface area (Å²) in [5.74, 6) is -0.339. The van der Waals surface area contributed by atoms with Crippen LogP contribution in [0.4, 0.5) is 0 Å². The van der Waals surface area contributed by atoms with Gasteiger partial charge >= 0.3 is 0 Å². The average Bonchev–Trinajstić information content (AvgIpc) is 3.42. The third kappa shape index (κ3) is 14.4. The van der Waals surface area contributed by atoms with Gasteiger partial charge in [0.15, 0.2) is 0 Å². The van der Waals surface area contributed by atoms with Crippen LogP contribution in [0.1, 0.15) is 116 Å². The van der Waals surface area contributed by atoms with Gasteiger partial charge in [-0.25, -0.2) is 0 Å². The van der Waals surface area contributed by atoms with Gasteiger partial charge in [-0.15, -0.1) is 0 Å². The predicted octanol–water partition coefficient (Wildman–Crippen LogP) is 8.45. The lowest BCUT2D eigenvalue weighted by atomic mass is 9.83. The summed E-state index contributed by atoms with van der Waals surface area (Å²) in [5.41, 5.74) is 4.96. The zero-order valence-corrected chi connectivity index (χ0v) is 25.3. The number of hydrogen-bond donors (Lipinski definition) is 0. The lowest BCUT2D eigenvalue weighted by Crippen LogP contribution is -2.23. The van der Waals surface area contributed by atoms with E-state index in [1.54, 1.807) is 6.92 Å². The molecule has 0 radical (unpaired) electrons. The van der Waals surface area contributed by atoms with E-state index in [1.807, 2.05) is 33.8 Å². The fraction of sp³-hybridized carbons (Fsp3) is 0.588. The van der Waals surface area contributed by atoms with Gasteiger partial charge in [-0.1, -0.05) is 75.3 Å². The number of carbonyl (C=O) groups is 4. The first-order chi connectivity index (χ1) is 18.2. The van der Waals surface area contributed by atoms with Gasteiger partial charge in [0.2, 0.25) is 0 Å². The molecule has 0 aromatic heterocycles. The van der Waals surface area contributed by atoms with Gasteiger partial charge in [-0.3, -0.25) is 14.4 Å². The molecular formula is C34H52O4. The molecule has 0 amide bonds. The molecule has 0 heterocycles. The van der Waals surface area contributed by atoms with E-state index in [-0.39, 0.29) is 54.2 Å². The second kappa shape index (κ2) is 20.4. The molecule has 2 atom stereocenters. The van der Waals surface area contributed by atoms with Gasteiger partial charge in [0.25, 0.3) is 0 Å². The standard InChI is InChI=1S/C30H40O4.2C2H6/c1-21-9-12-26(22(2)19-21)14-15-28(24(4)32)20-30(34)27(13-11-25-7-5-6-8-25)16-18-29(33)17-10-23(3)31;2*1-2/h5-7,9,12,19,27-28H,8,10-11,13-18,20H2,1-4H3;2*1-2H3. The monoisotopic (exact) mass is 524 g/mol. The van der Waals surface area contributed by atoms with Crippen LogP contribution in [0.2, 0.25) is 0 Å². The normalized spacial score (nSPS) is 13.3. The van der Waals surface area contributed by atoms with E-state index in [4.69, 9.17) is 0 Å². The lowest BCUT2D eigenvalue weighted by Gasteiger charge is -2.20. The van der Waals surface area contributed by atoms with Gasteiger partial charge in [0.1, 0.15) is 23.1 Å². The van der Waals surface area contributed by atoms with Crippen LogP contribution in [-0.4, -0.2) is 23.1 Å². The Bertz CT molecular complexity index is 951. The Balaban J connectivity index is 0.00000326. The summed E-state index contributed by atoms with van der Waals surface area (Å²) in [4.78, 5) is 49.1. The number of allylic oxidation sites excluding steroid dienone is 4. The van der Waals surface area contributed by atoms with Gasteiger partial charge in [-0.2, -0.15) is 0 Å². The molecule has 4 heteroatoms. The molecule has 0 fully saturated rings. The van der Waals surface area contributed by atoms with Crippen molar-refractivity contribution in [3.8, 4) is 0 Å². The molecule has 212 valence electrons.